The Morgan fingerprint density at radius 1 is 1.33 bits per heavy atom. The molecule has 3 N–H and O–H groups in total. The molecule has 0 atom stereocenters. The first-order valence-corrected chi connectivity index (χ1v) is 6.55. The van der Waals surface area contributed by atoms with Gasteiger partial charge in [0.1, 0.15) is 17.5 Å². The van der Waals surface area contributed by atoms with E-state index in [9.17, 15) is 0 Å². The molecule has 94 valence electrons. The maximum atomic E-state index is 5.88. The Labute approximate surface area is 115 Å². The summed E-state index contributed by atoms with van der Waals surface area (Å²) in [4.78, 5) is 8.69. The molecular formula is C13H15BrN4. The Balaban J connectivity index is 2.36. The fourth-order valence-corrected chi connectivity index (χ4v) is 1.96. The fourth-order valence-electron chi connectivity index (χ4n) is 1.56. The van der Waals surface area contributed by atoms with Crippen LogP contribution in [0.25, 0.3) is 0 Å². The van der Waals surface area contributed by atoms with Crippen LogP contribution >= 0.6 is 15.9 Å². The Bertz CT molecular complexity index is 569. The van der Waals surface area contributed by atoms with Crippen molar-refractivity contribution in [3.05, 3.63) is 40.1 Å². The van der Waals surface area contributed by atoms with Crippen LogP contribution in [0.15, 0.2) is 28.7 Å². The molecule has 0 saturated carbocycles. The normalized spacial score (nSPS) is 10.4. The monoisotopic (exact) mass is 306 g/mol. The molecule has 0 aliphatic heterocycles. The lowest BCUT2D eigenvalue weighted by atomic mass is 10.2. The van der Waals surface area contributed by atoms with E-state index in [0.717, 1.165) is 33.8 Å². The van der Waals surface area contributed by atoms with E-state index < -0.39 is 0 Å². The minimum absolute atomic E-state index is 0.527. The van der Waals surface area contributed by atoms with Crippen molar-refractivity contribution in [3.8, 4) is 0 Å². The Hall–Kier alpha value is -1.62. The number of rotatable bonds is 3. The van der Waals surface area contributed by atoms with Crippen LogP contribution in [-0.2, 0) is 6.42 Å². The molecule has 0 amide bonds. The molecule has 0 unspecified atom stereocenters. The van der Waals surface area contributed by atoms with Crippen molar-refractivity contribution in [1.82, 2.24) is 9.97 Å². The molecule has 0 saturated heterocycles. The number of nitrogens with one attached hydrogen (secondary N) is 1. The zero-order valence-electron chi connectivity index (χ0n) is 10.4. The first-order chi connectivity index (χ1) is 8.60. The molecule has 18 heavy (non-hydrogen) atoms. The summed E-state index contributed by atoms with van der Waals surface area (Å²) in [5.41, 5.74) is 7.71. The van der Waals surface area contributed by atoms with Crippen molar-refractivity contribution in [2.45, 2.75) is 20.3 Å². The SMILES string of the molecule is CCc1nc(N)c(C)c(Nc2cccc(Br)c2)n1. The number of halogens is 1. The average molecular weight is 307 g/mol. The summed E-state index contributed by atoms with van der Waals surface area (Å²) in [5.74, 6) is 2.03. The Kier molecular flexibility index (Phi) is 3.81. The lowest BCUT2D eigenvalue weighted by molar-refractivity contribution is 0.940. The smallest absolute Gasteiger partial charge is 0.139 e. The van der Waals surface area contributed by atoms with Gasteiger partial charge in [0.05, 0.1) is 0 Å². The quantitative estimate of drug-likeness (QED) is 0.912. The van der Waals surface area contributed by atoms with Crippen molar-refractivity contribution >= 4 is 33.3 Å². The molecule has 0 spiro atoms. The average Bonchev–Trinajstić information content (AvgIpc) is 2.34. The molecule has 0 aliphatic rings. The molecule has 0 radical (unpaired) electrons. The summed E-state index contributed by atoms with van der Waals surface area (Å²) in [6, 6.07) is 7.91. The van der Waals surface area contributed by atoms with Crippen LogP contribution in [0.3, 0.4) is 0 Å². The van der Waals surface area contributed by atoms with Gasteiger partial charge in [-0.1, -0.05) is 28.9 Å². The largest absolute Gasteiger partial charge is 0.383 e. The van der Waals surface area contributed by atoms with E-state index in [1.54, 1.807) is 0 Å². The zero-order chi connectivity index (χ0) is 13.1. The maximum Gasteiger partial charge on any atom is 0.139 e. The van der Waals surface area contributed by atoms with E-state index in [1.165, 1.54) is 0 Å². The van der Waals surface area contributed by atoms with E-state index in [1.807, 2.05) is 38.1 Å². The lowest BCUT2D eigenvalue weighted by Gasteiger charge is -2.11. The van der Waals surface area contributed by atoms with Crippen molar-refractivity contribution in [3.63, 3.8) is 0 Å². The highest BCUT2D eigenvalue weighted by molar-refractivity contribution is 9.10. The molecule has 2 aromatic rings. The molecule has 4 nitrogen and oxygen atoms in total. The van der Waals surface area contributed by atoms with E-state index >= 15 is 0 Å². The topological polar surface area (TPSA) is 63.8 Å². The molecular weight excluding hydrogens is 292 g/mol. The molecule has 0 bridgehead atoms. The second kappa shape index (κ2) is 5.35. The molecule has 0 fully saturated rings. The number of benzene rings is 1. The van der Waals surface area contributed by atoms with Crippen LogP contribution in [0.1, 0.15) is 18.3 Å². The number of aromatic nitrogens is 2. The molecule has 5 heteroatoms. The third-order valence-electron chi connectivity index (χ3n) is 2.63. The number of anilines is 3. The number of nitrogens with zero attached hydrogens (tertiary/aromatic N) is 2. The van der Waals surface area contributed by atoms with Gasteiger partial charge in [-0.3, -0.25) is 0 Å². The van der Waals surface area contributed by atoms with Gasteiger partial charge >= 0.3 is 0 Å². The number of nitrogens with two attached hydrogens (primary N) is 1. The summed E-state index contributed by atoms with van der Waals surface area (Å²) < 4.78 is 1.02. The number of hydrogen-bond donors (Lipinski definition) is 2. The van der Waals surface area contributed by atoms with Gasteiger partial charge in [0.25, 0.3) is 0 Å². The minimum Gasteiger partial charge on any atom is -0.383 e. The maximum absolute atomic E-state index is 5.88. The van der Waals surface area contributed by atoms with Crippen LogP contribution in [-0.4, -0.2) is 9.97 Å². The van der Waals surface area contributed by atoms with Crippen LogP contribution in [0, 0.1) is 6.92 Å². The second-order valence-corrected chi connectivity index (χ2v) is 4.90. The minimum atomic E-state index is 0.527. The van der Waals surface area contributed by atoms with E-state index in [0.29, 0.717) is 5.82 Å². The third-order valence-corrected chi connectivity index (χ3v) is 3.13. The van der Waals surface area contributed by atoms with Gasteiger partial charge in [-0.05, 0) is 25.1 Å². The highest BCUT2D eigenvalue weighted by Gasteiger charge is 2.08. The molecule has 1 heterocycles. The zero-order valence-corrected chi connectivity index (χ0v) is 12.0. The van der Waals surface area contributed by atoms with Crippen LogP contribution < -0.4 is 11.1 Å². The van der Waals surface area contributed by atoms with Crippen LogP contribution in [0.4, 0.5) is 17.3 Å². The summed E-state index contributed by atoms with van der Waals surface area (Å²) in [7, 11) is 0. The highest BCUT2D eigenvalue weighted by atomic mass is 79.9. The predicted octanol–water partition coefficient (Wildman–Crippen LogP) is 3.44. The van der Waals surface area contributed by atoms with E-state index in [4.69, 9.17) is 5.73 Å². The summed E-state index contributed by atoms with van der Waals surface area (Å²) in [6.07, 6.45) is 0.762. The lowest BCUT2D eigenvalue weighted by Crippen LogP contribution is -2.06. The van der Waals surface area contributed by atoms with Crippen LogP contribution in [0.2, 0.25) is 0 Å². The summed E-state index contributed by atoms with van der Waals surface area (Å²) in [5, 5.41) is 3.27. The molecule has 1 aromatic heterocycles. The third kappa shape index (κ3) is 2.79. The van der Waals surface area contributed by atoms with Gasteiger partial charge in [-0.15, -0.1) is 0 Å². The Morgan fingerprint density at radius 3 is 2.78 bits per heavy atom. The summed E-state index contributed by atoms with van der Waals surface area (Å²) in [6.45, 7) is 3.92. The molecule has 2 rings (SSSR count). The van der Waals surface area contributed by atoms with E-state index in [-0.39, 0.29) is 0 Å². The van der Waals surface area contributed by atoms with Gasteiger partial charge in [0.2, 0.25) is 0 Å². The summed E-state index contributed by atoms with van der Waals surface area (Å²) >= 11 is 3.44. The van der Waals surface area contributed by atoms with E-state index in [2.05, 4.69) is 31.2 Å². The first-order valence-electron chi connectivity index (χ1n) is 5.75. The molecule has 1 aromatic carbocycles. The number of hydrogen-bond acceptors (Lipinski definition) is 4. The predicted molar refractivity (Wildman–Crippen MR) is 78.0 cm³/mol. The van der Waals surface area contributed by atoms with Gasteiger partial charge in [0.15, 0.2) is 0 Å². The highest BCUT2D eigenvalue weighted by Crippen LogP contribution is 2.23. The van der Waals surface area contributed by atoms with Crippen molar-refractivity contribution in [2.24, 2.45) is 0 Å². The van der Waals surface area contributed by atoms with Gasteiger partial charge in [-0.2, -0.15) is 0 Å². The van der Waals surface area contributed by atoms with Crippen molar-refractivity contribution < 1.29 is 0 Å². The molecule has 0 aliphatic carbocycles. The van der Waals surface area contributed by atoms with Crippen molar-refractivity contribution in [2.75, 3.05) is 11.1 Å². The second-order valence-electron chi connectivity index (χ2n) is 3.99. The Morgan fingerprint density at radius 2 is 2.11 bits per heavy atom. The first kappa shape index (κ1) is 12.8. The fraction of sp³-hybridized carbons (Fsp3) is 0.231. The number of nitrogen functional groups attached to an aromatic ring is 1. The van der Waals surface area contributed by atoms with Gasteiger partial charge in [0, 0.05) is 22.1 Å². The van der Waals surface area contributed by atoms with Crippen molar-refractivity contribution in [1.29, 1.82) is 0 Å². The van der Waals surface area contributed by atoms with Crippen LogP contribution in [0.5, 0.6) is 0 Å². The van der Waals surface area contributed by atoms with Gasteiger partial charge < -0.3 is 11.1 Å². The standard InChI is InChI=1S/C13H15BrN4/c1-3-11-17-12(15)8(2)13(18-11)16-10-6-4-5-9(14)7-10/h4-7H,3H2,1-2H3,(H3,15,16,17,18). The van der Waals surface area contributed by atoms with Gasteiger partial charge in [-0.25, -0.2) is 9.97 Å². The number of aryl methyl sites for hydroxylation is 1.